The van der Waals surface area contributed by atoms with Crippen LogP contribution in [0, 0.1) is 11.7 Å². The normalized spacial score (nSPS) is 11.0. The number of H-pyrrole nitrogens is 1. The lowest BCUT2D eigenvalue weighted by Gasteiger charge is -2.07. The highest BCUT2D eigenvalue weighted by Crippen LogP contribution is 2.27. The van der Waals surface area contributed by atoms with Gasteiger partial charge in [-0.2, -0.15) is 14.9 Å². The van der Waals surface area contributed by atoms with Crippen LogP contribution in [0.5, 0.6) is 11.5 Å². The van der Waals surface area contributed by atoms with Crippen molar-refractivity contribution >= 4 is 18.4 Å². The van der Waals surface area contributed by atoms with Gasteiger partial charge in [0.05, 0.1) is 20.4 Å². The predicted octanol–water partition coefficient (Wildman–Crippen LogP) is 3.82. The van der Waals surface area contributed by atoms with Gasteiger partial charge in [0.2, 0.25) is 4.77 Å². The van der Waals surface area contributed by atoms with Crippen molar-refractivity contribution in [3.63, 3.8) is 0 Å². The monoisotopic (exact) mass is 354 g/mol. The van der Waals surface area contributed by atoms with Crippen LogP contribution in [0.3, 0.4) is 0 Å². The number of methoxy groups -OCH3 is 2. The van der Waals surface area contributed by atoms with Gasteiger partial charge in [0.1, 0.15) is 0 Å². The van der Waals surface area contributed by atoms with Crippen molar-refractivity contribution in [2.45, 2.75) is 6.92 Å². The molecule has 3 aromatic rings. The Balaban J connectivity index is 1.96. The van der Waals surface area contributed by atoms with E-state index in [-0.39, 0.29) is 0 Å². The lowest BCUT2D eigenvalue weighted by atomic mass is 10.1. The fraction of sp³-hybridized carbons (Fsp3) is 0.167. The summed E-state index contributed by atoms with van der Waals surface area (Å²) in [6.07, 6.45) is 1.70. The zero-order valence-corrected chi connectivity index (χ0v) is 15.0. The number of aromatic amines is 1. The van der Waals surface area contributed by atoms with Gasteiger partial charge in [-0.05, 0) is 42.9 Å². The second-order valence-electron chi connectivity index (χ2n) is 5.39. The standard InChI is InChI=1S/C18H18N4O2S/c1-12-4-7-14(8-5-12)17-20-21-18(25)22(17)19-11-13-6-9-15(23-2)16(10-13)24-3/h4-11H,1-3H3,(H,21,25)/b19-11-. The Bertz CT molecular complexity index is 958. The average molecular weight is 354 g/mol. The van der Waals surface area contributed by atoms with Gasteiger partial charge in [0.15, 0.2) is 17.3 Å². The van der Waals surface area contributed by atoms with E-state index in [0.717, 1.165) is 11.1 Å². The zero-order valence-electron chi connectivity index (χ0n) is 14.2. The first-order chi connectivity index (χ1) is 12.1. The van der Waals surface area contributed by atoms with E-state index in [0.29, 0.717) is 22.1 Å². The zero-order chi connectivity index (χ0) is 17.8. The molecule has 7 heteroatoms. The van der Waals surface area contributed by atoms with E-state index < -0.39 is 0 Å². The Morgan fingerprint density at radius 3 is 2.48 bits per heavy atom. The van der Waals surface area contributed by atoms with Gasteiger partial charge in [-0.1, -0.05) is 29.8 Å². The molecule has 0 amide bonds. The molecule has 0 saturated carbocycles. The Kier molecular flexibility index (Phi) is 4.95. The quantitative estimate of drug-likeness (QED) is 0.559. The second-order valence-corrected chi connectivity index (χ2v) is 5.78. The molecule has 0 aliphatic carbocycles. The lowest BCUT2D eigenvalue weighted by molar-refractivity contribution is 0.355. The molecule has 0 unspecified atom stereocenters. The van der Waals surface area contributed by atoms with Crippen LogP contribution >= 0.6 is 12.2 Å². The van der Waals surface area contributed by atoms with Crippen LogP contribution < -0.4 is 9.47 Å². The van der Waals surface area contributed by atoms with Crippen LogP contribution in [-0.2, 0) is 0 Å². The molecule has 6 nitrogen and oxygen atoms in total. The van der Waals surface area contributed by atoms with Gasteiger partial charge in [0, 0.05) is 5.56 Å². The van der Waals surface area contributed by atoms with Crippen molar-refractivity contribution in [1.82, 2.24) is 14.9 Å². The number of ether oxygens (including phenoxy) is 2. The Morgan fingerprint density at radius 1 is 1.08 bits per heavy atom. The third kappa shape index (κ3) is 3.61. The average Bonchev–Trinajstić information content (AvgIpc) is 3.01. The number of aryl methyl sites for hydroxylation is 1. The van der Waals surface area contributed by atoms with Crippen LogP contribution in [0.25, 0.3) is 11.4 Å². The summed E-state index contributed by atoms with van der Waals surface area (Å²) in [6, 6.07) is 13.6. The smallest absolute Gasteiger partial charge is 0.216 e. The van der Waals surface area contributed by atoms with E-state index in [1.54, 1.807) is 25.1 Å². The van der Waals surface area contributed by atoms with Crippen LogP contribution in [0.15, 0.2) is 47.6 Å². The summed E-state index contributed by atoms with van der Waals surface area (Å²) < 4.78 is 12.6. The molecule has 25 heavy (non-hydrogen) atoms. The molecule has 1 N–H and O–H groups in total. The molecule has 128 valence electrons. The summed E-state index contributed by atoms with van der Waals surface area (Å²) in [6.45, 7) is 2.04. The fourth-order valence-corrected chi connectivity index (χ4v) is 2.53. The third-order valence-corrected chi connectivity index (χ3v) is 3.95. The third-order valence-electron chi connectivity index (χ3n) is 3.69. The fourth-order valence-electron chi connectivity index (χ4n) is 2.35. The lowest BCUT2D eigenvalue weighted by Crippen LogP contribution is -1.96. The summed E-state index contributed by atoms with van der Waals surface area (Å²) in [5.74, 6) is 1.96. The molecule has 0 bridgehead atoms. The van der Waals surface area contributed by atoms with E-state index in [1.165, 1.54) is 5.56 Å². The van der Waals surface area contributed by atoms with Gasteiger partial charge in [-0.3, -0.25) is 0 Å². The van der Waals surface area contributed by atoms with Gasteiger partial charge >= 0.3 is 0 Å². The number of benzene rings is 2. The molecule has 0 aliphatic heterocycles. The first kappa shape index (κ1) is 16.9. The van der Waals surface area contributed by atoms with Crippen molar-refractivity contribution < 1.29 is 9.47 Å². The molecule has 0 radical (unpaired) electrons. The number of rotatable bonds is 5. The Hall–Kier alpha value is -2.93. The van der Waals surface area contributed by atoms with Crippen LogP contribution in [0.2, 0.25) is 0 Å². The minimum Gasteiger partial charge on any atom is -0.493 e. The van der Waals surface area contributed by atoms with Gasteiger partial charge in [-0.15, -0.1) is 0 Å². The van der Waals surface area contributed by atoms with Crippen molar-refractivity contribution in [2.75, 3.05) is 14.2 Å². The number of hydrogen-bond donors (Lipinski definition) is 1. The summed E-state index contributed by atoms with van der Waals surface area (Å²) in [7, 11) is 3.20. The molecule has 1 aromatic heterocycles. The minimum atomic E-state index is 0.423. The largest absolute Gasteiger partial charge is 0.493 e. The first-order valence-electron chi connectivity index (χ1n) is 7.63. The van der Waals surface area contributed by atoms with Crippen LogP contribution in [0.4, 0.5) is 0 Å². The maximum atomic E-state index is 5.31. The summed E-state index contributed by atoms with van der Waals surface area (Å²) in [5.41, 5.74) is 2.97. The van der Waals surface area contributed by atoms with Crippen molar-refractivity contribution in [1.29, 1.82) is 0 Å². The number of nitrogens with zero attached hydrogens (tertiary/aromatic N) is 3. The molecule has 2 aromatic carbocycles. The SMILES string of the molecule is COc1ccc(/C=N\n2c(-c3ccc(C)cc3)n[nH]c2=S)cc1OC. The van der Waals surface area contributed by atoms with E-state index in [4.69, 9.17) is 21.7 Å². The van der Waals surface area contributed by atoms with Gasteiger partial charge in [-0.25, -0.2) is 5.10 Å². The maximum absolute atomic E-state index is 5.31. The molecular formula is C18H18N4O2S. The number of hydrogen-bond acceptors (Lipinski definition) is 5. The maximum Gasteiger partial charge on any atom is 0.216 e. The highest BCUT2D eigenvalue weighted by atomic mass is 32.1. The van der Waals surface area contributed by atoms with E-state index >= 15 is 0 Å². The van der Waals surface area contributed by atoms with Gasteiger partial charge in [0.25, 0.3) is 0 Å². The van der Waals surface area contributed by atoms with E-state index in [9.17, 15) is 0 Å². The van der Waals surface area contributed by atoms with Crippen LogP contribution in [-0.4, -0.2) is 35.3 Å². The highest BCUT2D eigenvalue weighted by Gasteiger charge is 2.08. The summed E-state index contributed by atoms with van der Waals surface area (Å²) in [5, 5.41) is 11.5. The molecule has 0 spiro atoms. The molecule has 0 aliphatic rings. The van der Waals surface area contributed by atoms with Crippen molar-refractivity contribution in [3.8, 4) is 22.9 Å². The van der Waals surface area contributed by atoms with E-state index in [2.05, 4.69) is 15.3 Å². The molecule has 0 fully saturated rings. The molecular weight excluding hydrogens is 336 g/mol. The Labute approximate surface area is 150 Å². The summed E-state index contributed by atoms with van der Waals surface area (Å²) in [4.78, 5) is 0. The van der Waals surface area contributed by atoms with Gasteiger partial charge < -0.3 is 9.47 Å². The topological polar surface area (TPSA) is 64.4 Å². The molecule has 3 rings (SSSR count). The number of aromatic nitrogens is 3. The molecule has 0 atom stereocenters. The number of nitrogens with one attached hydrogen (secondary N) is 1. The highest BCUT2D eigenvalue weighted by molar-refractivity contribution is 7.71. The minimum absolute atomic E-state index is 0.423. The van der Waals surface area contributed by atoms with Crippen molar-refractivity contribution in [2.24, 2.45) is 5.10 Å². The molecule has 0 saturated heterocycles. The van der Waals surface area contributed by atoms with E-state index in [1.807, 2.05) is 49.4 Å². The predicted molar refractivity (Wildman–Crippen MR) is 100 cm³/mol. The summed E-state index contributed by atoms with van der Waals surface area (Å²) >= 11 is 5.29. The van der Waals surface area contributed by atoms with Crippen molar-refractivity contribution in [3.05, 3.63) is 58.4 Å². The van der Waals surface area contributed by atoms with Crippen LogP contribution in [0.1, 0.15) is 11.1 Å². The molecule has 1 heterocycles. The first-order valence-corrected chi connectivity index (χ1v) is 8.04. The second kappa shape index (κ2) is 7.31. The Morgan fingerprint density at radius 2 is 1.80 bits per heavy atom.